The molecule has 1 amide bonds. The molecule has 136 valence electrons. The standard InChI is InChI=1S/C18H18N2O5S/c1-11-8-14-10-16(6-7-17(14)20(11)12(2)21)26(24,25)19-15-5-3-4-13(9-15)18(22)23/h3-7,9-11,19H,8H2,1-2H3,(H,22,23)/t11-/m0/s1. The molecular weight excluding hydrogens is 356 g/mol. The third-order valence-corrected chi connectivity index (χ3v) is 5.66. The quantitative estimate of drug-likeness (QED) is 0.856. The van der Waals surface area contributed by atoms with Gasteiger partial charge in [-0.25, -0.2) is 13.2 Å². The summed E-state index contributed by atoms with van der Waals surface area (Å²) in [6, 6.07) is 10.2. The molecule has 8 heteroatoms. The van der Waals surface area contributed by atoms with E-state index in [0.29, 0.717) is 6.42 Å². The Morgan fingerprint density at radius 3 is 2.58 bits per heavy atom. The molecule has 0 fully saturated rings. The number of benzene rings is 2. The number of nitrogens with zero attached hydrogens (tertiary/aromatic N) is 1. The van der Waals surface area contributed by atoms with Crippen molar-refractivity contribution in [2.75, 3.05) is 9.62 Å². The lowest BCUT2D eigenvalue weighted by Crippen LogP contribution is -2.33. The van der Waals surface area contributed by atoms with Crippen LogP contribution in [0.4, 0.5) is 11.4 Å². The molecule has 1 aliphatic rings. The van der Waals surface area contributed by atoms with Gasteiger partial charge in [-0.1, -0.05) is 6.07 Å². The molecule has 7 nitrogen and oxygen atoms in total. The maximum atomic E-state index is 12.6. The Morgan fingerprint density at radius 2 is 1.92 bits per heavy atom. The number of fused-ring (bicyclic) bond motifs is 1. The molecule has 2 aromatic rings. The van der Waals surface area contributed by atoms with Crippen LogP contribution in [0, 0.1) is 0 Å². The Labute approximate surface area is 151 Å². The minimum atomic E-state index is -3.88. The van der Waals surface area contributed by atoms with Gasteiger partial charge < -0.3 is 10.0 Å². The average Bonchev–Trinajstić information content (AvgIpc) is 2.89. The first-order valence-corrected chi connectivity index (χ1v) is 9.46. The van der Waals surface area contributed by atoms with E-state index in [1.165, 1.54) is 37.3 Å². The number of aromatic carboxylic acids is 1. The van der Waals surface area contributed by atoms with Gasteiger partial charge in [-0.3, -0.25) is 9.52 Å². The molecular formula is C18H18N2O5S. The van der Waals surface area contributed by atoms with E-state index in [2.05, 4.69) is 4.72 Å². The minimum absolute atomic E-state index is 0.00919. The van der Waals surface area contributed by atoms with Crippen molar-refractivity contribution in [2.45, 2.75) is 31.2 Å². The zero-order chi connectivity index (χ0) is 19.1. The summed E-state index contributed by atoms with van der Waals surface area (Å²) in [4.78, 5) is 24.5. The van der Waals surface area contributed by atoms with Gasteiger partial charge in [0.15, 0.2) is 0 Å². The van der Waals surface area contributed by atoms with E-state index in [0.717, 1.165) is 11.3 Å². The van der Waals surface area contributed by atoms with E-state index in [1.807, 2.05) is 6.92 Å². The summed E-state index contributed by atoms with van der Waals surface area (Å²) in [6.45, 7) is 3.39. The molecule has 0 saturated heterocycles. The largest absolute Gasteiger partial charge is 0.478 e. The van der Waals surface area contributed by atoms with E-state index in [9.17, 15) is 18.0 Å². The van der Waals surface area contributed by atoms with Crippen molar-refractivity contribution in [3.05, 3.63) is 53.6 Å². The van der Waals surface area contributed by atoms with E-state index in [4.69, 9.17) is 5.11 Å². The molecule has 0 unspecified atom stereocenters. The third-order valence-electron chi connectivity index (χ3n) is 4.28. The number of anilines is 2. The number of carbonyl (C=O) groups excluding carboxylic acids is 1. The number of nitrogens with one attached hydrogen (secondary N) is 1. The van der Waals surface area contributed by atoms with Crippen molar-refractivity contribution >= 4 is 33.3 Å². The third kappa shape index (κ3) is 3.28. The highest BCUT2D eigenvalue weighted by Gasteiger charge is 2.30. The lowest BCUT2D eigenvalue weighted by molar-refractivity contribution is -0.116. The fourth-order valence-electron chi connectivity index (χ4n) is 3.18. The van der Waals surface area contributed by atoms with Gasteiger partial charge in [0.1, 0.15) is 0 Å². The summed E-state index contributed by atoms with van der Waals surface area (Å²) in [5, 5.41) is 9.02. The molecule has 0 bridgehead atoms. The summed E-state index contributed by atoms with van der Waals surface area (Å²) in [6.07, 6.45) is 0.576. The van der Waals surface area contributed by atoms with Crippen LogP contribution in [0.5, 0.6) is 0 Å². The van der Waals surface area contributed by atoms with Crippen LogP contribution < -0.4 is 9.62 Å². The van der Waals surface area contributed by atoms with E-state index in [-0.39, 0.29) is 28.1 Å². The maximum Gasteiger partial charge on any atom is 0.335 e. The van der Waals surface area contributed by atoms with Gasteiger partial charge in [0, 0.05) is 24.3 Å². The highest BCUT2D eigenvalue weighted by molar-refractivity contribution is 7.92. The van der Waals surface area contributed by atoms with Gasteiger partial charge in [0.25, 0.3) is 10.0 Å². The first-order chi connectivity index (χ1) is 12.2. The average molecular weight is 374 g/mol. The lowest BCUT2D eigenvalue weighted by atomic mass is 10.1. The SMILES string of the molecule is CC(=O)N1c2ccc(S(=O)(=O)Nc3cccc(C(=O)O)c3)cc2C[C@@H]1C. The first kappa shape index (κ1) is 17.9. The minimum Gasteiger partial charge on any atom is -0.478 e. The van der Waals surface area contributed by atoms with Crippen LogP contribution >= 0.6 is 0 Å². The zero-order valence-electron chi connectivity index (χ0n) is 14.3. The van der Waals surface area contributed by atoms with Crippen molar-refractivity contribution in [2.24, 2.45) is 0 Å². The summed E-state index contributed by atoms with van der Waals surface area (Å²) in [5.74, 6) is -1.22. The summed E-state index contributed by atoms with van der Waals surface area (Å²) >= 11 is 0. The Balaban J connectivity index is 1.92. The maximum absolute atomic E-state index is 12.6. The fourth-order valence-corrected chi connectivity index (χ4v) is 4.28. The highest BCUT2D eigenvalue weighted by atomic mass is 32.2. The van der Waals surface area contributed by atoms with Gasteiger partial charge in [0.05, 0.1) is 10.5 Å². The van der Waals surface area contributed by atoms with Crippen molar-refractivity contribution in [1.29, 1.82) is 0 Å². The van der Waals surface area contributed by atoms with Crippen molar-refractivity contribution in [3.63, 3.8) is 0 Å². The second-order valence-corrected chi connectivity index (χ2v) is 7.91. The molecule has 1 atom stereocenters. The summed E-state index contributed by atoms with van der Waals surface area (Å²) in [5.41, 5.74) is 1.67. The number of hydrogen-bond acceptors (Lipinski definition) is 4. The Bertz CT molecular complexity index is 1000. The van der Waals surface area contributed by atoms with Gasteiger partial charge in [-0.05, 0) is 55.3 Å². The molecule has 2 N–H and O–H groups in total. The monoisotopic (exact) mass is 374 g/mol. The van der Waals surface area contributed by atoms with E-state index >= 15 is 0 Å². The number of carbonyl (C=O) groups is 2. The Morgan fingerprint density at radius 1 is 1.19 bits per heavy atom. The topological polar surface area (TPSA) is 104 Å². The summed E-state index contributed by atoms with van der Waals surface area (Å²) in [7, 11) is -3.88. The van der Waals surface area contributed by atoms with Crippen LogP contribution in [-0.4, -0.2) is 31.4 Å². The number of sulfonamides is 1. The van der Waals surface area contributed by atoms with Crippen molar-refractivity contribution in [3.8, 4) is 0 Å². The van der Waals surface area contributed by atoms with Gasteiger partial charge in [0.2, 0.25) is 5.91 Å². The molecule has 0 saturated carbocycles. The normalized spacial score (nSPS) is 16.2. The molecule has 0 spiro atoms. The van der Waals surface area contributed by atoms with Crippen LogP contribution in [0.15, 0.2) is 47.4 Å². The second kappa shape index (κ2) is 6.45. The van der Waals surface area contributed by atoms with Crippen LogP contribution in [0.1, 0.15) is 29.8 Å². The molecule has 0 aliphatic carbocycles. The number of amides is 1. The number of rotatable bonds is 4. The predicted octanol–water partition coefficient (Wildman–Crippen LogP) is 2.48. The first-order valence-electron chi connectivity index (χ1n) is 7.98. The van der Waals surface area contributed by atoms with Crippen LogP contribution in [-0.2, 0) is 21.2 Å². The Hall–Kier alpha value is -2.87. The van der Waals surface area contributed by atoms with Crippen LogP contribution in [0.25, 0.3) is 0 Å². The van der Waals surface area contributed by atoms with E-state index < -0.39 is 16.0 Å². The number of hydrogen-bond donors (Lipinski definition) is 2. The van der Waals surface area contributed by atoms with Crippen molar-refractivity contribution in [1.82, 2.24) is 0 Å². The Kier molecular flexibility index (Phi) is 4.45. The van der Waals surface area contributed by atoms with Crippen molar-refractivity contribution < 1.29 is 23.1 Å². The zero-order valence-corrected chi connectivity index (χ0v) is 15.1. The van der Waals surface area contributed by atoms with Crippen LogP contribution in [0.2, 0.25) is 0 Å². The molecule has 3 rings (SSSR count). The van der Waals surface area contributed by atoms with Gasteiger partial charge in [-0.2, -0.15) is 0 Å². The van der Waals surface area contributed by atoms with Crippen LogP contribution in [0.3, 0.4) is 0 Å². The second-order valence-electron chi connectivity index (χ2n) is 6.22. The fraction of sp³-hybridized carbons (Fsp3) is 0.222. The molecule has 2 aromatic carbocycles. The van der Waals surface area contributed by atoms with E-state index in [1.54, 1.807) is 17.0 Å². The smallest absolute Gasteiger partial charge is 0.335 e. The number of carboxylic acid groups (broad SMARTS) is 1. The number of carboxylic acids is 1. The molecule has 1 heterocycles. The molecule has 0 radical (unpaired) electrons. The molecule has 0 aromatic heterocycles. The van der Waals surface area contributed by atoms with Gasteiger partial charge >= 0.3 is 5.97 Å². The molecule has 26 heavy (non-hydrogen) atoms. The summed E-state index contributed by atoms with van der Waals surface area (Å²) < 4.78 is 27.7. The predicted molar refractivity (Wildman–Crippen MR) is 97.0 cm³/mol. The molecule has 1 aliphatic heterocycles. The van der Waals surface area contributed by atoms with Gasteiger partial charge in [-0.15, -0.1) is 0 Å². The lowest BCUT2D eigenvalue weighted by Gasteiger charge is -2.20. The highest BCUT2D eigenvalue weighted by Crippen LogP contribution is 2.34.